The molecule has 0 radical (unpaired) electrons. The molecule has 5 aromatic heterocycles. The quantitative estimate of drug-likeness (QED) is 0.126. The molecule has 0 saturated heterocycles. The van der Waals surface area contributed by atoms with E-state index in [1.165, 1.54) is 65.3 Å². The summed E-state index contributed by atoms with van der Waals surface area (Å²) >= 11 is 0. The zero-order valence-corrected chi connectivity index (χ0v) is 66.0. The molecule has 0 N–H and O–H groups in total. The summed E-state index contributed by atoms with van der Waals surface area (Å²) in [4.78, 5) is 30.0. The summed E-state index contributed by atoms with van der Waals surface area (Å²) in [5.41, 5.74) is 19.0. The molecule has 0 aliphatic carbocycles. The van der Waals surface area contributed by atoms with Crippen molar-refractivity contribution in [3.63, 3.8) is 0 Å². The first-order valence-corrected chi connectivity index (χ1v) is 41.0. The molecule has 0 aliphatic heterocycles. The van der Waals surface area contributed by atoms with E-state index < -0.39 is 0 Å². The van der Waals surface area contributed by atoms with Crippen LogP contribution in [0.3, 0.4) is 0 Å². The molecule has 0 aliphatic rings. The van der Waals surface area contributed by atoms with Gasteiger partial charge in [0.15, 0.2) is 17.5 Å². The Kier molecular flexibility index (Phi) is 17.6. The molecule has 20 aromatic carbocycles. The topological polar surface area (TPSA) is 160 Å². The maximum Gasteiger partial charge on any atom is 0.255 e. The van der Waals surface area contributed by atoms with Crippen LogP contribution >= 0.6 is 0 Å². The summed E-state index contributed by atoms with van der Waals surface area (Å²) in [6.45, 7) is 0. The molecule has 0 amide bonds. The van der Waals surface area contributed by atoms with E-state index >= 15 is 0 Å². The molecule has 25 rings (SSSR count). The van der Waals surface area contributed by atoms with E-state index in [1.807, 2.05) is 115 Å². The fourth-order valence-electron chi connectivity index (χ4n) is 17.6. The Morgan fingerprint density at radius 3 is 0.837 bits per heavy atom. The molecule has 572 valence electrons. The van der Waals surface area contributed by atoms with Crippen molar-refractivity contribution >= 4 is 141 Å². The summed E-state index contributed by atoms with van der Waals surface area (Å²) in [7, 11) is 0. The highest BCUT2D eigenvalue weighted by atomic mass is 15.3. The molecule has 0 fully saturated rings. The van der Waals surface area contributed by atoms with Crippen LogP contribution in [0.25, 0.3) is 237 Å². The summed E-state index contributed by atoms with van der Waals surface area (Å²) in [6, 6.07) is 141. The third kappa shape index (κ3) is 12.7. The first-order valence-electron chi connectivity index (χ1n) is 41.0. The fourth-order valence-corrected chi connectivity index (χ4v) is 17.6. The summed E-state index contributed by atoms with van der Waals surface area (Å²) in [5.74, 6) is 3.02. The van der Waals surface area contributed by atoms with E-state index in [-0.39, 0.29) is 0 Å². The van der Waals surface area contributed by atoms with Crippen LogP contribution < -0.4 is 0 Å². The molecule has 0 spiro atoms. The Balaban J connectivity index is 0.000000108. The van der Waals surface area contributed by atoms with Crippen molar-refractivity contribution in [3.8, 4) is 96.3 Å². The molecule has 5 heterocycles. The highest BCUT2D eigenvalue weighted by Crippen LogP contribution is 2.45. The average Bonchev–Trinajstić information content (AvgIpc) is 1.60. The van der Waals surface area contributed by atoms with E-state index in [2.05, 4.69) is 306 Å². The van der Waals surface area contributed by atoms with Gasteiger partial charge in [0, 0.05) is 70.6 Å². The molecule has 25 aromatic rings. The molecule has 0 saturated carbocycles. The smallest absolute Gasteiger partial charge is 0.255 e. The molecule has 13 nitrogen and oxygen atoms in total. The second-order valence-electron chi connectivity index (χ2n) is 30.7. The zero-order valence-electron chi connectivity index (χ0n) is 66.0. The van der Waals surface area contributed by atoms with Gasteiger partial charge in [-0.05, 0) is 124 Å². The minimum atomic E-state index is 0.341. The van der Waals surface area contributed by atoms with E-state index in [9.17, 15) is 0 Å². The van der Waals surface area contributed by atoms with E-state index in [0.29, 0.717) is 35.1 Å². The minimum Gasteiger partial charge on any atom is -0.277 e. The van der Waals surface area contributed by atoms with E-state index in [4.69, 9.17) is 50.3 Å². The first-order chi connectivity index (χ1) is 61.0. The third-order valence-electron chi connectivity index (χ3n) is 23.5. The van der Waals surface area contributed by atoms with Crippen molar-refractivity contribution < 1.29 is 0 Å². The normalized spacial score (nSPS) is 11.6. The predicted octanol–water partition coefficient (Wildman–Crippen LogP) is 26.9. The van der Waals surface area contributed by atoms with Crippen LogP contribution in [0.5, 0.6) is 0 Å². The zero-order chi connectivity index (χ0) is 81.3. The highest BCUT2D eigenvalue weighted by molar-refractivity contribution is 6.35. The maximum atomic E-state index is 5.27. The number of benzene rings is 20. The number of nitrogens with zero attached hydrogens (tertiary/aromatic N) is 13. The number of fused-ring (bicyclic) bond motifs is 25. The van der Waals surface area contributed by atoms with Crippen molar-refractivity contribution in [2.75, 3.05) is 0 Å². The number of para-hydroxylation sites is 2. The van der Waals surface area contributed by atoms with Gasteiger partial charge in [-0.1, -0.05) is 370 Å². The summed E-state index contributed by atoms with van der Waals surface area (Å²) < 4.78 is 2.13. The maximum absolute atomic E-state index is 5.27. The Morgan fingerprint density at radius 2 is 0.431 bits per heavy atom. The van der Waals surface area contributed by atoms with E-state index in [0.717, 1.165) is 137 Å². The SMILES string of the molecule is c1ccc(-c2ccc3c(c2)c2cc(-c4ccccc4)ccc2c2nc(-c4ccccc4)nnc32)cc1.c1ccc(-c2ccc3c(c2)c2cc(-c4ccccc4)ccc2c2nc(-c4nc(-c5ccccc5)nc(-c5ccccc5)n4)nnc32)cc1.c1ccc2c(c1)ccc1c3nnc(-n4c5ccccc5c5ccccc54)nc3c3ccc4ccccc4c3c21. The van der Waals surface area contributed by atoms with Gasteiger partial charge in [-0.25, -0.2) is 29.9 Å². The van der Waals surface area contributed by atoms with Crippen molar-refractivity contribution in [1.29, 1.82) is 0 Å². The number of hydrogen-bond acceptors (Lipinski definition) is 12. The molecule has 0 bridgehead atoms. The number of rotatable bonds is 9. The van der Waals surface area contributed by atoms with Gasteiger partial charge in [0.05, 0.1) is 11.0 Å². The van der Waals surface area contributed by atoms with Gasteiger partial charge in [0.2, 0.25) is 11.6 Å². The third-order valence-corrected chi connectivity index (χ3v) is 23.5. The van der Waals surface area contributed by atoms with Crippen molar-refractivity contribution in [2.45, 2.75) is 0 Å². The largest absolute Gasteiger partial charge is 0.277 e. The monoisotopic (exact) mass is 1570 g/mol. The summed E-state index contributed by atoms with van der Waals surface area (Å²) in [6.07, 6.45) is 0. The Morgan fingerprint density at radius 1 is 0.146 bits per heavy atom. The van der Waals surface area contributed by atoms with Crippen LogP contribution in [0.2, 0.25) is 0 Å². The molecule has 0 atom stereocenters. The molecular weight excluding hydrogens is 1500 g/mol. The van der Waals surface area contributed by atoms with Crippen molar-refractivity contribution in [3.05, 3.63) is 406 Å². The van der Waals surface area contributed by atoms with Gasteiger partial charge >= 0.3 is 0 Å². The lowest BCUT2D eigenvalue weighted by atomic mass is 9.91. The lowest BCUT2D eigenvalue weighted by molar-refractivity contribution is 0.926. The lowest BCUT2D eigenvalue weighted by Gasteiger charge is -2.14. The van der Waals surface area contributed by atoms with Crippen LogP contribution in [0.1, 0.15) is 0 Å². The van der Waals surface area contributed by atoms with Gasteiger partial charge in [-0.15, -0.1) is 30.6 Å². The van der Waals surface area contributed by atoms with Crippen LogP contribution in [-0.2, 0) is 0 Å². The molecule has 123 heavy (non-hydrogen) atoms. The van der Waals surface area contributed by atoms with Gasteiger partial charge in [0.1, 0.15) is 33.1 Å². The van der Waals surface area contributed by atoms with Crippen LogP contribution in [0, 0.1) is 0 Å². The van der Waals surface area contributed by atoms with Crippen molar-refractivity contribution in [2.24, 2.45) is 0 Å². The van der Waals surface area contributed by atoms with Crippen LogP contribution in [-0.4, -0.2) is 65.1 Å². The molecule has 13 heteroatoms. The molecule has 0 unspecified atom stereocenters. The van der Waals surface area contributed by atoms with Gasteiger partial charge in [0.25, 0.3) is 5.95 Å². The highest BCUT2D eigenvalue weighted by Gasteiger charge is 2.24. The Labute approximate surface area is 704 Å². The fraction of sp³-hybridized carbons (Fsp3) is 0. The Hall–Kier alpha value is -16.9. The minimum absolute atomic E-state index is 0.341. The van der Waals surface area contributed by atoms with Crippen molar-refractivity contribution in [1.82, 2.24) is 65.1 Å². The van der Waals surface area contributed by atoms with Gasteiger partial charge in [-0.3, -0.25) is 4.57 Å². The van der Waals surface area contributed by atoms with Crippen LogP contribution in [0.4, 0.5) is 0 Å². The van der Waals surface area contributed by atoms with Gasteiger partial charge < -0.3 is 0 Å². The second kappa shape index (κ2) is 30.2. The number of hydrogen-bond donors (Lipinski definition) is 0. The standard InChI is InChI=1S/C42H26N6.C35H20N4.C33H21N3/c1-5-13-27(14-6-1)31-21-23-33-35(25-31)36-26-32(28-15-7-2-8-16-28)22-24-34(36)38-37(33)43-42(48-47-38)41-45-39(29-17-9-3-10-18-29)44-40(46-41)30-19-11-4-12-20-30;1-3-11-23-21(9-1)17-19-27-31(23)32-24-12-4-2-10-22(24)18-20-28(32)34-33(27)36-35(38-37-34)39-29-15-7-5-13-25(29)26-14-6-8-16-30(26)39;1-4-10-22(11-5-1)25-16-18-27-29(20-25)30-21-26(23-12-6-2-7-13-23)17-19-28(30)32-31(27)34-33(36-35-32)24-14-8-3-9-15-24/h1-26H;1-20H;1-21H. The predicted molar refractivity (Wildman–Crippen MR) is 503 cm³/mol. The number of aromatic nitrogens is 13. The lowest BCUT2D eigenvalue weighted by Crippen LogP contribution is -2.04. The second-order valence-corrected chi connectivity index (χ2v) is 30.7. The average molecular weight is 1570 g/mol. The van der Waals surface area contributed by atoms with Gasteiger partial charge in [-0.2, -0.15) is 0 Å². The van der Waals surface area contributed by atoms with E-state index in [1.54, 1.807) is 0 Å². The van der Waals surface area contributed by atoms with Crippen LogP contribution in [0.15, 0.2) is 406 Å². The first kappa shape index (κ1) is 71.4. The Bertz CT molecular complexity index is 8370. The molecular formula is C110H67N13. The summed E-state index contributed by atoms with van der Waals surface area (Å²) in [5, 5.41) is 48.7.